The van der Waals surface area contributed by atoms with Gasteiger partial charge in [0.25, 0.3) is 0 Å². The number of hydrogen-bond acceptors (Lipinski definition) is 1. The predicted octanol–water partition coefficient (Wildman–Crippen LogP) is 8.11. The molecule has 0 rings (SSSR count). The summed E-state index contributed by atoms with van der Waals surface area (Å²) in [4.78, 5) is 11.3. The van der Waals surface area contributed by atoms with Crippen LogP contribution in [-0.2, 0) is 4.79 Å². The van der Waals surface area contributed by atoms with Gasteiger partial charge in [-0.1, -0.05) is 129 Å². The third-order valence-electron chi connectivity index (χ3n) is 5.45. The van der Waals surface area contributed by atoms with Crippen molar-refractivity contribution in [3.8, 4) is 0 Å². The van der Waals surface area contributed by atoms with E-state index in [0.717, 1.165) is 13.0 Å². The number of hydrogen-bond donors (Lipinski definition) is 1. The lowest BCUT2D eigenvalue weighted by atomic mass is 10.0. The summed E-state index contributed by atoms with van der Waals surface area (Å²) < 4.78 is 0. The Bertz CT molecular complexity index is 337. The molecule has 0 unspecified atom stereocenters. The normalized spacial score (nSPS) is 10.9. The predicted molar refractivity (Wildman–Crippen MR) is 121 cm³/mol. The maximum Gasteiger partial charge on any atom is 0.246 e. The number of unbranched alkanes of at least 4 members (excludes halogenated alkanes) is 18. The van der Waals surface area contributed by atoms with E-state index in [0.29, 0.717) is 5.57 Å². The first kappa shape index (κ1) is 26.2. The van der Waals surface area contributed by atoms with Crippen LogP contribution in [-0.4, -0.2) is 12.5 Å². The van der Waals surface area contributed by atoms with E-state index < -0.39 is 0 Å². The summed E-state index contributed by atoms with van der Waals surface area (Å²) in [5, 5.41) is 2.90. The van der Waals surface area contributed by atoms with Gasteiger partial charge in [-0.2, -0.15) is 0 Å². The fourth-order valence-electron chi connectivity index (χ4n) is 3.56. The van der Waals surface area contributed by atoms with Gasteiger partial charge in [-0.15, -0.1) is 0 Å². The lowest BCUT2D eigenvalue weighted by Crippen LogP contribution is -2.24. The van der Waals surface area contributed by atoms with Crippen LogP contribution in [0.15, 0.2) is 12.2 Å². The highest BCUT2D eigenvalue weighted by atomic mass is 16.1. The van der Waals surface area contributed by atoms with Crippen LogP contribution in [0.2, 0.25) is 0 Å². The molecule has 0 saturated carbocycles. The van der Waals surface area contributed by atoms with Gasteiger partial charge in [-0.3, -0.25) is 4.79 Å². The fraction of sp³-hybridized carbons (Fsp3) is 0.880. The van der Waals surface area contributed by atoms with Gasteiger partial charge in [-0.05, 0) is 13.3 Å². The summed E-state index contributed by atoms with van der Waals surface area (Å²) in [7, 11) is 0. The summed E-state index contributed by atoms with van der Waals surface area (Å²) >= 11 is 0. The van der Waals surface area contributed by atoms with Crippen molar-refractivity contribution < 1.29 is 4.79 Å². The second kappa shape index (κ2) is 21.5. The summed E-state index contributed by atoms with van der Waals surface area (Å²) in [5.74, 6) is -0.00240. The quantitative estimate of drug-likeness (QED) is 0.158. The second-order valence-corrected chi connectivity index (χ2v) is 8.40. The zero-order chi connectivity index (χ0) is 20.0. The third kappa shape index (κ3) is 21.4. The van der Waals surface area contributed by atoms with Crippen molar-refractivity contribution >= 4 is 5.91 Å². The van der Waals surface area contributed by atoms with E-state index in [4.69, 9.17) is 0 Å². The van der Waals surface area contributed by atoms with Crippen LogP contribution in [0.5, 0.6) is 0 Å². The van der Waals surface area contributed by atoms with E-state index in [1.807, 2.05) is 0 Å². The Morgan fingerprint density at radius 1 is 0.593 bits per heavy atom. The van der Waals surface area contributed by atoms with E-state index in [1.165, 1.54) is 116 Å². The molecule has 0 aliphatic heterocycles. The zero-order valence-electron chi connectivity index (χ0n) is 18.8. The molecule has 2 nitrogen and oxygen atoms in total. The Kier molecular flexibility index (Phi) is 20.9. The van der Waals surface area contributed by atoms with Gasteiger partial charge in [0.2, 0.25) is 5.91 Å². The largest absolute Gasteiger partial charge is 0.352 e. The van der Waals surface area contributed by atoms with Crippen molar-refractivity contribution in [1.82, 2.24) is 5.32 Å². The van der Waals surface area contributed by atoms with Crippen LogP contribution < -0.4 is 5.32 Å². The first-order valence-electron chi connectivity index (χ1n) is 12.1. The Hall–Kier alpha value is -0.790. The number of nitrogens with one attached hydrogen (secondary N) is 1. The van der Waals surface area contributed by atoms with Crippen molar-refractivity contribution in [1.29, 1.82) is 0 Å². The highest BCUT2D eigenvalue weighted by molar-refractivity contribution is 5.91. The smallest absolute Gasteiger partial charge is 0.246 e. The molecule has 0 spiro atoms. The van der Waals surface area contributed by atoms with Crippen molar-refractivity contribution in [3.63, 3.8) is 0 Å². The maximum atomic E-state index is 11.3. The highest BCUT2D eigenvalue weighted by Gasteiger charge is 1.99. The van der Waals surface area contributed by atoms with Crippen molar-refractivity contribution in [2.24, 2.45) is 0 Å². The number of carbonyl (C=O) groups is 1. The second-order valence-electron chi connectivity index (χ2n) is 8.40. The van der Waals surface area contributed by atoms with Gasteiger partial charge in [0.1, 0.15) is 0 Å². The molecule has 1 N–H and O–H groups in total. The van der Waals surface area contributed by atoms with Gasteiger partial charge in [0.05, 0.1) is 0 Å². The van der Waals surface area contributed by atoms with Crippen LogP contribution in [0.4, 0.5) is 0 Å². The molecule has 0 aromatic heterocycles. The molecular formula is C25H49NO. The minimum absolute atomic E-state index is 0.00240. The van der Waals surface area contributed by atoms with Crippen LogP contribution >= 0.6 is 0 Å². The van der Waals surface area contributed by atoms with Gasteiger partial charge < -0.3 is 5.32 Å². The molecular weight excluding hydrogens is 330 g/mol. The first-order valence-corrected chi connectivity index (χ1v) is 12.1. The molecule has 0 aromatic rings. The molecule has 0 atom stereocenters. The summed E-state index contributed by atoms with van der Waals surface area (Å²) in [6.07, 6.45) is 26.5. The number of carbonyl (C=O) groups excluding carboxylic acids is 1. The standard InChI is InChI=1S/C25H49NO/c1-4-5-6-7-8-9-10-11-12-13-14-15-16-17-18-19-20-21-22-23-26-25(27)24(2)3/h2,4-23H2,1,3H3,(H,26,27). The lowest BCUT2D eigenvalue weighted by Gasteiger charge is -2.05. The zero-order valence-corrected chi connectivity index (χ0v) is 18.8. The summed E-state index contributed by atoms with van der Waals surface area (Å²) in [6, 6.07) is 0. The molecule has 0 aliphatic carbocycles. The molecule has 2 heteroatoms. The van der Waals surface area contributed by atoms with Crippen molar-refractivity contribution in [3.05, 3.63) is 12.2 Å². The minimum atomic E-state index is -0.00240. The summed E-state index contributed by atoms with van der Waals surface area (Å²) in [6.45, 7) is 8.49. The Labute approximate surface area is 171 Å². The Morgan fingerprint density at radius 3 is 1.19 bits per heavy atom. The van der Waals surface area contributed by atoms with Crippen LogP contribution in [0.1, 0.15) is 136 Å². The van der Waals surface area contributed by atoms with Crippen molar-refractivity contribution in [2.75, 3.05) is 6.54 Å². The van der Waals surface area contributed by atoms with Crippen LogP contribution in [0.3, 0.4) is 0 Å². The van der Waals surface area contributed by atoms with E-state index in [1.54, 1.807) is 6.92 Å². The van der Waals surface area contributed by atoms with Gasteiger partial charge >= 0.3 is 0 Å². The molecule has 0 fully saturated rings. The van der Waals surface area contributed by atoms with E-state index in [2.05, 4.69) is 18.8 Å². The van der Waals surface area contributed by atoms with E-state index in [9.17, 15) is 4.79 Å². The minimum Gasteiger partial charge on any atom is -0.352 e. The topological polar surface area (TPSA) is 29.1 Å². The molecule has 0 saturated heterocycles. The maximum absolute atomic E-state index is 11.3. The number of rotatable bonds is 21. The molecule has 160 valence electrons. The third-order valence-corrected chi connectivity index (χ3v) is 5.45. The average Bonchev–Trinajstić information content (AvgIpc) is 2.66. The van der Waals surface area contributed by atoms with Gasteiger partial charge in [-0.25, -0.2) is 0 Å². The van der Waals surface area contributed by atoms with E-state index in [-0.39, 0.29) is 5.91 Å². The monoisotopic (exact) mass is 379 g/mol. The molecule has 0 radical (unpaired) electrons. The molecule has 0 aliphatic rings. The molecule has 0 aromatic carbocycles. The van der Waals surface area contributed by atoms with E-state index >= 15 is 0 Å². The van der Waals surface area contributed by atoms with Gasteiger partial charge in [0, 0.05) is 12.1 Å². The number of amides is 1. The Balaban J connectivity index is 3.05. The Morgan fingerprint density at radius 2 is 0.889 bits per heavy atom. The molecule has 27 heavy (non-hydrogen) atoms. The van der Waals surface area contributed by atoms with Crippen molar-refractivity contribution in [2.45, 2.75) is 136 Å². The fourth-order valence-corrected chi connectivity index (χ4v) is 3.56. The van der Waals surface area contributed by atoms with Gasteiger partial charge in [0.15, 0.2) is 0 Å². The molecule has 0 bridgehead atoms. The average molecular weight is 380 g/mol. The molecule has 1 amide bonds. The summed E-state index contributed by atoms with van der Waals surface area (Å²) in [5.41, 5.74) is 0.604. The highest BCUT2D eigenvalue weighted by Crippen LogP contribution is 2.14. The molecule has 0 heterocycles. The van der Waals surface area contributed by atoms with Crippen LogP contribution in [0.25, 0.3) is 0 Å². The lowest BCUT2D eigenvalue weighted by molar-refractivity contribution is -0.117. The first-order chi connectivity index (χ1) is 13.2. The SMILES string of the molecule is C=C(C)C(=O)NCCCCCCCCCCCCCCCCCCCCC. The van der Waals surface area contributed by atoms with Crippen LogP contribution in [0, 0.1) is 0 Å².